The zero-order chi connectivity index (χ0) is 14.0. The Bertz CT molecular complexity index is 568. The third kappa shape index (κ3) is 2.48. The van der Waals surface area contributed by atoms with Crippen LogP contribution in [0.4, 0.5) is 0 Å². The molecule has 1 aliphatic carbocycles. The van der Waals surface area contributed by atoms with Gasteiger partial charge < -0.3 is 10.3 Å². The molecule has 0 unspecified atom stereocenters. The molecule has 1 heterocycles. The molecule has 20 heavy (non-hydrogen) atoms. The van der Waals surface area contributed by atoms with Crippen molar-refractivity contribution in [2.45, 2.75) is 51.0 Å². The summed E-state index contributed by atoms with van der Waals surface area (Å²) < 4.78 is 5.53. The zero-order valence-electron chi connectivity index (χ0n) is 11.9. The highest BCUT2D eigenvalue weighted by Gasteiger charge is 2.34. The highest BCUT2D eigenvalue weighted by Crippen LogP contribution is 2.38. The second kappa shape index (κ2) is 5.37. The molecule has 1 aromatic heterocycles. The highest BCUT2D eigenvalue weighted by atomic mass is 16.5. The van der Waals surface area contributed by atoms with Gasteiger partial charge in [0.25, 0.3) is 0 Å². The average molecular weight is 271 g/mol. The predicted octanol–water partition coefficient (Wildman–Crippen LogP) is 3.42. The van der Waals surface area contributed by atoms with Crippen LogP contribution in [-0.4, -0.2) is 10.1 Å². The van der Waals surface area contributed by atoms with Crippen LogP contribution in [0.3, 0.4) is 0 Å². The van der Waals surface area contributed by atoms with Crippen LogP contribution < -0.4 is 5.73 Å². The van der Waals surface area contributed by atoms with E-state index < -0.39 is 0 Å². The van der Waals surface area contributed by atoms with Crippen LogP contribution in [0.25, 0.3) is 11.4 Å². The average Bonchev–Trinajstić information content (AvgIpc) is 2.99. The zero-order valence-corrected chi connectivity index (χ0v) is 11.9. The summed E-state index contributed by atoms with van der Waals surface area (Å²) in [6.07, 6.45) is 6.09. The molecule has 0 aliphatic heterocycles. The van der Waals surface area contributed by atoms with Gasteiger partial charge in [0.05, 0.1) is 0 Å². The second-order valence-corrected chi connectivity index (χ2v) is 5.95. The van der Waals surface area contributed by atoms with Crippen LogP contribution in [0.15, 0.2) is 28.8 Å². The van der Waals surface area contributed by atoms with Gasteiger partial charge in [-0.1, -0.05) is 55.6 Å². The molecule has 0 saturated heterocycles. The standard InChI is InChI=1S/C16H21N3O/c1-16(9-3-2-4-10-16)15-18-14(19-20-15)13-7-5-12(11-17)6-8-13/h5-8H,2-4,9-11,17H2,1H3. The monoisotopic (exact) mass is 271 g/mol. The van der Waals surface area contributed by atoms with E-state index in [1.54, 1.807) is 0 Å². The third-order valence-electron chi connectivity index (χ3n) is 4.35. The Morgan fingerprint density at radius 3 is 2.50 bits per heavy atom. The topological polar surface area (TPSA) is 64.9 Å². The van der Waals surface area contributed by atoms with Gasteiger partial charge in [0.1, 0.15) is 0 Å². The molecule has 106 valence electrons. The Morgan fingerprint density at radius 1 is 1.15 bits per heavy atom. The largest absolute Gasteiger partial charge is 0.338 e. The summed E-state index contributed by atoms with van der Waals surface area (Å²) in [6.45, 7) is 2.79. The summed E-state index contributed by atoms with van der Waals surface area (Å²) in [5.41, 5.74) is 7.76. The smallest absolute Gasteiger partial charge is 0.232 e. The molecule has 0 amide bonds. The molecule has 1 aromatic carbocycles. The van der Waals surface area contributed by atoms with E-state index in [0.717, 1.165) is 29.9 Å². The van der Waals surface area contributed by atoms with Crippen molar-refractivity contribution in [3.63, 3.8) is 0 Å². The maximum absolute atomic E-state index is 5.61. The molecule has 0 bridgehead atoms. The molecule has 2 aromatic rings. The van der Waals surface area contributed by atoms with Crippen molar-refractivity contribution in [1.82, 2.24) is 10.1 Å². The van der Waals surface area contributed by atoms with E-state index >= 15 is 0 Å². The van der Waals surface area contributed by atoms with Gasteiger partial charge in [-0.05, 0) is 18.4 Å². The lowest BCUT2D eigenvalue weighted by atomic mass is 9.75. The van der Waals surface area contributed by atoms with Crippen LogP contribution in [0.5, 0.6) is 0 Å². The number of nitrogens with zero attached hydrogens (tertiary/aromatic N) is 2. The first kappa shape index (κ1) is 13.3. The van der Waals surface area contributed by atoms with Crippen molar-refractivity contribution in [3.05, 3.63) is 35.7 Å². The summed E-state index contributed by atoms with van der Waals surface area (Å²) in [4.78, 5) is 4.62. The quantitative estimate of drug-likeness (QED) is 0.929. The predicted molar refractivity (Wildman–Crippen MR) is 78.1 cm³/mol. The minimum atomic E-state index is 0.0562. The second-order valence-electron chi connectivity index (χ2n) is 5.95. The number of aromatic nitrogens is 2. The van der Waals surface area contributed by atoms with Gasteiger partial charge in [0.15, 0.2) is 0 Å². The first-order valence-electron chi connectivity index (χ1n) is 7.35. The van der Waals surface area contributed by atoms with Crippen LogP contribution in [0.1, 0.15) is 50.5 Å². The summed E-state index contributed by atoms with van der Waals surface area (Å²) in [7, 11) is 0. The van der Waals surface area contributed by atoms with Gasteiger partial charge >= 0.3 is 0 Å². The fraction of sp³-hybridized carbons (Fsp3) is 0.500. The lowest BCUT2D eigenvalue weighted by molar-refractivity contribution is 0.232. The van der Waals surface area contributed by atoms with Crippen molar-refractivity contribution < 1.29 is 4.52 Å². The van der Waals surface area contributed by atoms with Gasteiger partial charge in [-0.15, -0.1) is 0 Å². The summed E-state index contributed by atoms with van der Waals surface area (Å²) in [5.74, 6) is 1.46. The van der Waals surface area contributed by atoms with Gasteiger partial charge in [-0.3, -0.25) is 0 Å². The minimum absolute atomic E-state index is 0.0562. The Morgan fingerprint density at radius 2 is 1.85 bits per heavy atom. The summed E-state index contributed by atoms with van der Waals surface area (Å²) in [6, 6.07) is 8.02. The van der Waals surface area contributed by atoms with E-state index in [-0.39, 0.29) is 5.41 Å². The Labute approximate surface area is 119 Å². The van der Waals surface area contributed by atoms with Gasteiger partial charge in [-0.2, -0.15) is 4.98 Å². The molecule has 3 rings (SSSR count). The lowest BCUT2D eigenvalue weighted by Crippen LogP contribution is -2.25. The van der Waals surface area contributed by atoms with Gasteiger partial charge in [0, 0.05) is 17.5 Å². The molecule has 0 atom stereocenters. The number of hydrogen-bond acceptors (Lipinski definition) is 4. The van der Waals surface area contributed by atoms with E-state index in [4.69, 9.17) is 10.3 Å². The van der Waals surface area contributed by atoms with E-state index in [2.05, 4.69) is 17.1 Å². The van der Waals surface area contributed by atoms with Crippen LogP contribution in [0, 0.1) is 0 Å². The van der Waals surface area contributed by atoms with Crippen molar-refractivity contribution in [2.75, 3.05) is 0 Å². The van der Waals surface area contributed by atoms with Crippen molar-refractivity contribution in [3.8, 4) is 11.4 Å². The first-order valence-corrected chi connectivity index (χ1v) is 7.35. The van der Waals surface area contributed by atoms with Crippen molar-refractivity contribution >= 4 is 0 Å². The van der Waals surface area contributed by atoms with Crippen LogP contribution in [0.2, 0.25) is 0 Å². The SMILES string of the molecule is CC1(c2nc(-c3ccc(CN)cc3)no2)CCCCC1. The normalized spacial score (nSPS) is 18.1. The van der Waals surface area contributed by atoms with Crippen LogP contribution in [-0.2, 0) is 12.0 Å². The number of hydrogen-bond donors (Lipinski definition) is 1. The van der Waals surface area contributed by atoms with Crippen LogP contribution >= 0.6 is 0 Å². The highest BCUT2D eigenvalue weighted by molar-refractivity contribution is 5.54. The molecule has 1 aliphatic rings. The van der Waals surface area contributed by atoms with E-state index in [9.17, 15) is 0 Å². The minimum Gasteiger partial charge on any atom is -0.338 e. The molecule has 1 saturated carbocycles. The maximum Gasteiger partial charge on any atom is 0.232 e. The summed E-state index contributed by atoms with van der Waals surface area (Å²) in [5, 5.41) is 4.14. The number of rotatable bonds is 3. The molecular weight excluding hydrogens is 250 g/mol. The number of benzene rings is 1. The Hall–Kier alpha value is -1.68. The van der Waals surface area contributed by atoms with E-state index in [1.165, 1.54) is 19.3 Å². The first-order chi connectivity index (χ1) is 9.71. The summed E-state index contributed by atoms with van der Waals surface area (Å²) >= 11 is 0. The van der Waals surface area contributed by atoms with Crippen molar-refractivity contribution in [1.29, 1.82) is 0 Å². The Kier molecular flexibility index (Phi) is 3.57. The third-order valence-corrected chi connectivity index (χ3v) is 4.35. The molecule has 0 radical (unpaired) electrons. The molecule has 0 spiro atoms. The number of nitrogens with two attached hydrogens (primary N) is 1. The maximum atomic E-state index is 5.61. The molecule has 4 nitrogen and oxygen atoms in total. The van der Waals surface area contributed by atoms with Crippen molar-refractivity contribution in [2.24, 2.45) is 5.73 Å². The fourth-order valence-electron chi connectivity index (χ4n) is 2.92. The molecule has 2 N–H and O–H groups in total. The lowest BCUT2D eigenvalue weighted by Gasteiger charge is -2.29. The molecule has 1 fully saturated rings. The van der Waals surface area contributed by atoms with Gasteiger partial charge in [-0.25, -0.2) is 0 Å². The fourth-order valence-corrected chi connectivity index (χ4v) is 2.92. The van der Waals surface area contributed by atoms with E-state index in [1.807, 2.05) is 24.3 Å². The Balaban J connectivity index is 1.85. The van der Waals surface area contributed by atoms with Gasteiger partial charge in [0.2, 0.25) is 11.7 Å². The molecular formula is C16H21N3O. The van der Waals surface area contributed by atoms with E-state index in [0.29, 0.717) is 12.4 Å². The molecule has 4 heteroatoms.